The van der Waals surface area contributed by atoms with Crippen molar-refractivity contribution >= 4 is 16.8 Å². The molecule has 0 saturated heterocycles. The lowest BCUT2D eigenvalue weighted by Gasteiger charge is -2.30. The third kappa shape index (κ3) is 4.76. The van der Waals surface area contributed by atoms with Crippen molar-refractivity contribution in [2.45, 2.75) is 26.4 Å². The van der Waals surface area contributed by atoms with Crippen molar-refractivity contribution < 1.29 is 13.9 Å². The molecule has 7 nitrogen and oxygen atoms in total. The maximum absolute atomic E-state index is 13.9. The van der Waals surface area contributed by atoms with E-state index in [9.17, 15) is 9.59 Å². The minimum atomic E-state index is -0.582. The average Bonchev–Trinajstić information content (AvgIpc) is 3.44. The average molecular weight is 494 g/mol. The predicted molar refractivity (Wildman–Crippen MR) is 142 cm³/mol. The summed E-state index contributed by atoms with van der Waals surface area (Å²) in [6, 6.07) is 25.0. The quantitative estimate of drug-likeness (QED) is 0.291. The Morgan fingerprint density at radius 2 is 1.84 bits per heavy atom. The van der Waals surface area contributed by atoms with Crippen molar-refractivity contribution in [2.75, 3.05) is 7.11 Å². The number of rotatable bonds is 7. The van der Waals surface area contributed by atoms with Crippen LogP contribution in [-0.2, 0) is 6.54 Å². The van der Waals surface area contributed by atoms with Crippen LogP contribution in [0.4, 0.5) is 0 Å². The zero-order valence-electron chi connectivity index (χ0n) is 20.9. The van der Waals surface area contributed by atoms with Crippen LogP contribution in [0.2, 0.25) is 0 Å². The van der Waals surface area contributed by atoms with E-state index in [-0.39, 0.29) is 18.0 Å². The summed E-state index contributed by atoms with van der Waals surface area (Å²) in [6.45, 7) is 4.05. The molecular weight excluding hydrogens is 466 g/mol. The number of carbonyl (C=O) groups is 1. The molecule has 0 bridgehead atoms. The Balaban J connectivity index is 1.70. The second-order valence-electron chi connectivity index (χ2n) is 8.89. The van der Waals surface area contributed by atoms with Crippen LogP contribution in [-0.4, -0.2) is 27.5 Å². The molecule has 1 amide bonds. The van der Waals surface area contributed by atoms with Gasteiger partial charge in [-0.3, -0.25) is 14.2 Å². The van der Waals surface area contributed by atoms with Gasteiger partial charge in [0.05, 0.1) is 42.5 Å². The number of furan rings is 1. The lowest BCUT2D eigenvalue weighted by molar-refractivity contribution is 0.0648. The summed E-state index contributed by atoms with van der Waals surface area (Å²) in [6.07, 6.45) is 1.57. The molecule has 3 aromatic carbocycles. The van der Waals surface area contributed by atoms with Gasteiger partial charge in [-0.15, -0.1) is 0 Å². The summed E-state index contributed by atoms with van der Waals surface area (Å²) in [5.41, 5.74) is 2.55. The van der Waals surface area contributed by atoms with Gasteiger partial charge in [0, 0.05) is 5.56 Å². The molecule has 186 valence electrons. The van der Waals surface area contributed by atoms with Gasteiger partial charge >= 0.3 is 0 Å². The van der Waals surface area contributed by atoms with Gasteiger partial charge < -0.3 is 14.1 Å². The first-order valence-corrected chi connectivity index (χ1v) is 12.0. The summed E-state index contributed by atoms with van der Waals surface area (Å²) in [5, 5.41) is 0.511. The van der Waals surface area contributed by atoms with E-state index in [0.717, 1.165) is 5.56 Å². The molecule has 7 heteroatoms. The number of benzene rings is 3. The predicted octanol–water partition coefficient (Wildman–Crippen LogP) is 5.70. The third-order valence-corrected chi connectivity index (χ3v) is 6.39. The minimum absolute atomic E-state index is 0.190. The van der Waals surface area contributed by atoms with Crippen LogP contribution in [0.15, 0.2) is 100 Å². The van der Waals surface area contributed by atoms with Gasteiger partial charge in [0.1, 0.15) is 17.3 Å². The van der Waals surface area contributed by atoms with Crippen LogP contribution in [0.5, 0.6) is 5.75 Å². The lowest BCUT2D eigenvalue weighted by Crippen LogP contribution is -2.37. The summed E-state index contributed by atoms with van der Waals surface area (Å²) in [5.74, 6) is 1.42. The van der Waals surface area contributed by atoms with Gasteiger partial charge in [-0.05, 0) is 74.0 Å². The van der Waals surface area contributed by atoms with Crippen molar-refractivity contribution in [1.82, 2.24) is 14.5 Å². The number of amides is 1. The molecule has 2 aromatic heterocycles. The zero-order chi connectivity index (χ0) is 25.9. The molecule has 5 aromatic rings. The Kier molecular flexibility index (Phi) is 6.60. The molecule has 37 heavy (non-hydrogen) atoms. The highest BCUT2D eigenvalue weighted by Gasteiger charge is 2.29. The molecule has 0 N–H and O–H groups in total. The fourth-order valence-corrected chi connectivity index (χ4v) is 4.46. The molecule has 0 aliphatic heterocycles. The first-order valence-electron chi connectivity index (χ1n) is 12.0. The fourth-order valence-electron chi connectivity index (χ4n) is 4.46. The van der Waals surface area contributed by atoms with Gasteiger partial charge in [0.2, 0.25) is 0 Å². The van der Waals surface area contributed by atoms with Gasteiger partial charge in [-0.2, -0.15) is 0 Å². The van der Waals surface area contributed by atoms with Crippen molar-refractivity contribution in [1.29, 1.82) is 0 Å². The van der Waals surface area contributed by atoms with Crippen molar-refractivity contribution in [3.05, 3.63) is 124 Å². The Bertz CT molecular complexity index is 1620. The van der Waals surface area contributed by atoms with E-state index < -0.39 is 6.04 Å². The van der Waals surface area contributed by atoms with Gasteiger partial charge in [0.15, 0.2) is 0 Å². The SMILES string of the molecule is COc1cccc(C(=O)N(Cc2ccco2)C(C)c2nc3ccccc3c(=O)n2-c2cccc(C)c2)c1. The van der Waals surface area contributed by atoms with Gasteiger partial charge in [-0.25, -0.2) is 4.98 Å². The number of aryl methyl sites for hydroxylation is 1. The van der Waals surface area contributed by atoms with E-state index in [0.29, 0.717) is 39.5 Å². The zero-order valence-corrected chi connectivity index (χ0v) is 20.9. The highest BCUT2D eigenvalue weighted by Crippen LogP contribution is 2.27. The molecule has 1 unspecified atom stereocenters. The molecule has 0 aliphatic rings. The van der Waals surface area contributed by atoms with E-state index in [2.05, 4.69) is 0 Å². The smallest absolute Gasteiger partial charge is 0.266 e. The number of hydrogen-bond acceptors (Lipinski definition) is 5. The fraction of sp³-hybridized carbons (Fsp3) is 0.167. The highest BCUT2D eigenvalue weighted by atomic mass is 16.5. The second kappa shape index (κ2) is 10.1. The maximum atomic E-state index is 13.9. The van der Waals surface area contributed by atoms with Crippen molar-refractivity contribution in [3.8, 4) is 11.4 Å². The van der Waals surface area contributed by atoms with E-state index in [1.807, 2.05) is 62.4 Å². The molecule has 0 radical (unpaired) electrons. The maximum Gasteiger partial charge on any atom is 0.266 e. The first kappa shape index (κ1) is 24.1. The lowest BCUT2D eigenvalue weighted by atomic mass is 10.1. The van der Waals surface area contributed by atoms with Crippen LogP contribution in [0.25, 0.3) is 16.6 Å². The number of aromatic nitrogens is 2. The monoisotopic (exact) mass is 493 g/mol. The van der Waals surface area contributed by atoms with Crippen LogP contribution in [0.3, 0.4) is 0 Å². The molecule has 0 fully saturated rings. The van der Waals surface area contributed by atoms with Crippen LogP contribution >= 0.6 is 0 Å². The number of fused-ring (bicyclic) bond motifs is 1. The molecule has 0 saturated carbocycles. The van der Waals surface area contributed by atoms with E-state index in [1.165, 1.54) is 0 Å². The Hall–Kier alpha value is -4.65. The molecule has 2 heterocycles. The highest BCUT2D eigenvalue weighted by molar-refractivity contribution is 5.95. The first-order chi connectivity index (χ1) is 18.0. The largest absolute Gasteiger partial charge is 0.497 e. The summed E-state index contributed by atoms with van der Waals surface area (Å²) < 4.78 is 12.5. The van der Waals surface area contributed by atoms with E-state index >= 15 is 0 Å². The molecule has 5 rings (SSSR count). The van der Waals surface area contributed by atoms with Crippen LogP contribution in [0, 0.1) is 6.92 Å². The van der Waals surface area contributed by atoms with Gasteiger partial charge in [0.25, 0.3) is 11.5 Å². The van der Waals surface area contributed by atoms with E-state index in [1.54, 1.807) is 59.2 Å². The molecule has 1 atom stereocenters. The summed E-state index contributed by atoms with van der Waals surface area (Å²) >= 11 is 0. The standard InChI is InChI=1S/C30H27N3O4/c1-20-9-6-11-23(17-20)33-28(31-27-15-5-4-14-26(27)30(33)35)21(2)32(19-25-13-8-16-37-25)29(34)22-10-7-12-24(18-22)36-3/h4-18,21H,19H2,1-3H3. The topological polar surface area (TPSA) is 77.6 Å². The number of hydrogen-bond donors (Lipinski definition) is 0. The van der Waals surface area contributed by atoms with Crippen LogP contribution in [0.1, 0.15) is 40.5 Å². The van der Waals surface area contributed by atoms with Crippen molar-refractivity contribution in [2.24, 2.45) is 0 Å². The number of nitrogens with zero attached hydrogens (tertiary/aromatic N) is 3. The number of ether oxygens (including phenoxy) is 1. The van der Waals surface area contributed by atoms with Crippen molar-refractivity contribution in [3.63, 3.8) is 0 Å². The minimum Gasteiger partial charge on any atom is -0.497 e. The second-order valence-corrected chi connectivity index (χ2v) is 8.89. The van der Waals surface area contributed by atoms with E-state index in [4.69, 9.17) is 14.1 Å². The Labute approximate surface area is 214 Å². The number of para-hydroxylation sites is 1. The van der Waals surface area contributed by atoms with Crippen LogP contribution < -0.4 is 10.3 Å². The Morgan fingerprint density at radius 3 is 2.59 bits per heavy atom. The molecular formula is C30H27N3O4. The molecule has 0 aliphatic carbocycles. The van der Waals surface area contributed by atoms with Gasteiger partial charge in [-0.1, -0.05) is 30.3 Å². The number of methoxy groups -OCH3 is 1. The molecule has 0 spiro atoms. The number of carbonyl (C=O) groups excluding carboxylic acids is 1. The summed E-state index contributed by atoms with van der Waals surface area (Å²) in [4.78, 5) is 34.3. The summed E-state index contributed by atoms with van der Waals surface area (Å²) in [7, 11) is 1.56. The normalized spacial score (nSPS) is 11.9. The third-order valence-electron chi connectivity index (χ3n) is 6.39. The Morgan fingerprint density at radius 1 is 1.03 bits per heavy atom.